The Morgan fingerprint density at radius 1 is 0.568 bits per heavy atom. The van der Waals surface area contributed by atoms with Gasteiger partial charge in [-0.2, -0.15) is 0 Å². The van der Waals surface area contributed by atoms with Crippen molar-refractivity contribution in [1.82, 2.24) is 0 Å². The quantitative estimate of drug-likeness (QED) is 0.103. The van der Waals surface area contributed by atoms with E-state index in [-0.39, 0.29) is 0 Å². The third-order valence-corrected chi connectivity index (χ3v) is 8.51. The number of hydrogen-bond acceptors (Lipinski definition) is 1. The molecule has 0 amide bonds. The molecule has 2 aromatic rings. The highest BCUT2D eigenvalue weighted by atomic mass is 32.2. The molecule has 0 unspecified atom stereocenters. The minimum atomic E-state index is 0.335. The first-order chi connectivity index (χ1) is 18.3. The molecule has 2 heterocycles. The van der Waals surface area contributed by atoms with Gasteiger partial charge < -0.3 is 0 Å². The Balaban J connectivity index is 1.88. The third kappa shape index (κ3) is 14.4. The molecule has 2 rings (SSSR count). The number of aromatic nitrogens is 2. The summed E-state index contributed by atoms with van der Waals surface area (Å²) in [6.07, 6.45) is 34.3. The summed E-state index contributed by atoms with van der Waals surface area (Å²) >= 11 is 2.04. The summed E-state index contributed by atoms with van der Waals surface area (Å²) in [4.78, 5) is 0. The first-order valence-electron chi connectivity index (χ1n) is 15.9. The van der Waals surface area contributed by atoms with Gasteiger partial charge in [-0.05, 0) is 43.6 Å². The molecule has 0 aliphatic heterocycles. The molecule has 0 aliphatic rings. The maximum atomic E-state index is 2.46. The lowest BCUT2D eigenvalue weighted by atomic mass is 10.0. The molecule has 3 heteroatoms. The van der Waals surface area contributed by atoms with E-state index in [9.17, 15) is 0 Å². The van der Waals surface area contributed by atoms with Crippen molar-refractivity contribution in [3.8, 4) is 0 Å². The summed E-state index contributed by atoms with van der Waals surface area (Å²) in [5, 5.41) is 0. The van der Waals surface area contributed by atoms with Crippen molar-refractivity contribution < 1.29 is 9.13 Å². The number of aryl methyl sites for hydroxylation is 2. The molecule has 0 atom stereocenters. The summed E-state index contributed by atoms with van der Waals surface area (Å²) in [6, 6.07) is 9.17. The van der Waals surface area contributed by atoms with Gasteiger partial charge in [0.05, 0.1) is 0 Å². The predicted octanol–water partition coefficient (Wildman–Crippen LogP) is 9.43. The lowest BCUT2D eigenvalue weighted by molar-refractivity contribution is -0.940. The van der Waals surface area contributed by atoms with Crippen LogP contribution in [0.3, 0.4) is 0 Å². The van der Waals surface area contributed by atoms with Crippen molar-refractivity contribution in [2.24, 2.45) is 0 Å². The van der Waals surface area contributed by atoms with Gasteiger partial charge >= 0.3 is 6.17 Å². The van der Waals surface area contributed by atoms with Crippen molar-refractivity contribution in [2.45, 2.75) is 143 Å². The monoisotopic (exact) mass is 526 g/mol. The van der Waals surface area contributed by atoms with Gasteiger partial charge in [-0.25, -0.2) is 0 Å². The SMILES string of the molecule is CCCCCCCCCCc1ccc[n+](C(CSCC)[n+]2cccc(CCCCCCCCCC)c2)c1. The van der Waals surface area contributed by atoms with E-state index >= 15 is 0 Å². The number of unbranched alkanes of at least 4 members (excludes halogenated alkanes) is 14. The molecule has 0 spiro atoms. The minimum absolute atomic E-state index is 0.335. The van der Waals surface area contributed by atoms with Crippen LogP contribution in [-0.2, 0) is 12.8 Å². The van der Waals surface area contributed by atoms with Gasteiger partial charge in [0.1, 0.15) is 5.75 Å². The fourth-order valence-electron chi connectivity index (χ4n) is 5.23. The molecule has 0 aliphatic carbocycles. The van der Waals surface area contributed by atoms with Crippen LogP contribution in [0.4, 0.5) is 0 Å². The average Bonchev–Trinajstić information content (AvgIpc) is 2.92. The van der Waals surface area contributed by atoms with Crippen LogP contribution in [0.1, 0.15) is 141 Å². The van der Waals surface area contributed by atoms with E-state index in [1.807, 2.05) is 11.8 Å². The zero-order valence-corrected chi connectivity index (χ0v) is 25.5. The van der Waals surface area contributed by atoms with Crippen LogP contribution >= 0.6 is 11.8 Å². The molecule has 0 aromatic carbocycles. The summed E-state index contributed by atoms with van der Waals surface area (Å²) in [6.45, 7) is 6.87. The molecule has 208 valence electrons. The number of nitrogens with zero attached hydrogens (tertiary/aromatic N) is 2. The number of rotatable bonds is 23. The second kappa shape index (κ2) is 21.6. The maximum absolute atomic E-state index is 2.46. The van der Waals surface area contributed by atoms with E-state index < -0.39 is 0 Å². The van der Waals surface area contributed by atoms with Gasteiger partial charge in [0.2, 0.25) is 0 Å². The molecular weight excluding hydrogens is 468 g/mol. The topological polar surface area (TPSA) is 7.76 Å². The standard InChI is InChI=1S/C34H58N2S/c1-4-7-9-11-13-15-17-19-23-32-25-21-27-35(29-32)34(31-37-6-3)36-28-22-26-33(30-36)24-20-18-16-14-12-10-8-5-2/h21-22,25-30,34H,4-20,23-24,31H2,1-3H3/q+2. The van der Waals surface area contributed by atoms with E-state index in [0.717, 1.165) is 11.5 Å². The minimum Gasteiger partial charge on any atom is -0.148 e. The summed E-state index contributed by atoms with van der Waals surface area (Å²) in [5.41, 5.74) is 2.96. The Morgan fingerprint density at radius 3 is 1.38 bits per heavy atom. The number of pyridine rings is 2. The lowest BCUT2D eigenvalue weighted by Crippen LogP contribution is -2.58. The Hall–Kier alpha value is -1.35. The van der Waals surface area contributed by atoms with Crippen LogP contribution in [0.15, 0.2) is 49.1 Å². The van der Waals surface area contributed by atoms with Gasteiger partial charge in [0.15, 0.2) is 24.8 Å². The van der Waals surface area contributed by atoms with Crippen LogP contribution in [0, 0.1) is 0 Å². The molecule has 0 saturated heterocycles. The van der Waals surface area contributed by atoms with E-state index in [0.29, 0.717) is 6.17 Å². The van der Waals surface area contributed by atoms with Crippen LogP contribution in [0.2, 0.25) is 0 Å². The smallest absolute Gasteiger partial charge is 0.148 e. The average molecular weight is 527 g/mol. The maximum Gasteiger partial charge on any atom is 0.361 e. The first-order valence-corrected chi connectivity index (χ1v) is 17.0. The van der Waals surface area contributed by atoms with E-state index in [1.165, 1.54) is 127 Å². The van der Waals surface area contributed by atoms with Gasteiger partial charge in [-0.1, -0.05) is 111 Å². The Morgan fingerprint density at radius 2 is 0.973 bits per heavy atom. The summed E-state index contributed by atoms with van der Waals surface area (Å²) in [7, 11) is 0. The van der Waals surface area contributed by atoms with E-state index in [2.05, 4.69) is 79.0 Å². The highest BCUT2D eigenvalue weighted by molar-refractivity contribution is 7.99. The van der Waals surface area contributed by atoms with Crippen molar-refractivity contribution in [1.29, 1.82) is 0 Å². The summed E-state index contributed by atoms with van der Waals surface area (Å²) < 4.78 is 4.92. The third-order valence-electron chi connectivity index (χ3n) is 7.56. The first kappa shape index (κ1) is 31.9. The molecule has 0 saturated carbocycles. The molecule has 0 fully saturated rings. The molecule has 2 aromatic heterocycles. The fourth-order valence-corrected chi connectivity index (χ4v) is 6.02. The molecule has 2 nitrogen and oxygen atoms in total. The van der Waals surface area contributed by atoms with Crippen LogP contribution in [0.25, 0.3) is 0 Å². The molecule has 0 N–H and O–H groups in total. The van der Waals surface area contributed by atoms with Crippen molar-refractivity contribution in [3.05, 3.63) is 60.2 Å². The van der Waals surface area contributed by atoms with Crippen LogP contribution < -0.4 is 9.13 Å². The van der Waals surface area contributed by atoms with Crippen molar-refractivity contribution in [3.63, 3.8) is 0 Å². The zero-order chi connectivity index (χ0) is 26.4. The lowest BCUT2D eigenvalue weighted by Gasteiger charge is -2.10. The van der Waals surface area contributed by atoms with E-state index in [4.69, 9.17) is 0 Å². The Bertz CT molecular complexity index is 742. The van der Waals surface area contributed by atoms with Crippen LogP contribution in [-0.4, -0.2) is 11.5 Å². The number of hydrogen-bond donors (Lipinski definition) is 0. The number of thioether (sulfide) groups is 1. The Labute approximate surface area is 234 Å². The largest absolute Gasteiger partial charge is 0.361 e. The van der Waals surface area contributed by atoms with Crippen molar-refractivity contribution >= 4 is 11.8 Å². The second-order valence-electron chi connectivity index (χ2n) is 10.9. The van der Waals surface area contributed by atoms with E-state index in [1.54, 1.807) is 0 Å². The zero-order valence-electron chi connectivity index (χ0n) is 24.6. The van der Waals surface area contributed by atoms with Crippen LogP contribution in [0.5, 0.6) is 0 Å². The molecule has 0 radical (unpaired) electrons. The van der Waals surface area contributed by atoms with Gasteiger partial charge in [0, 0.05) is 23.3 Å². The molecular formula is C34H58N2S+2. The Kier molecular flexibility index (Phi) is 18.6. The van der Waals surface area contributed by atoms with Gasteiger partial charge in [-0.3, -0.25) is 0 Å². The van der Waals surface area contributed by atoms with Crippen molar-refractivity contribution in [2.75, 3.05) is 11.5 Å². The molecule has 37 heavy (non-hydrogen) atoms. The van der Waals surface area contributed by atoms with Gasteiger partial charge in [0.25, 0.3) is 0 Å². The van der Waals surface area contributed by atoms with Gasteiger partial charge in [-0.15, -0.1) is 20.9 Å². The normalized spacial score (nSPS) is 11.5. The highest BCUT2D eigenvalue weighted by Crippen LogP contribution is 2.13. The molecule has 0 bridgehead atoms. The predicted molar refractivity (Wildman–Crippen MR) is 163 cm³/mol. The fraction of sp³-hybridized carbons (Fsp3) is 0.706. The highest BCUT2D eigenvalue weighted by Gasteiger charge is 2.27. The summed E-state index contributed by atoms with van der Waals surface area (Å²) in [5.74, 6) is 2.27. The second-order valence-corrected chi connectivity index (χ2v) is 12.2.